The summed E-state index contributed by atoms with van der Waals surface area (Å²) in [5.41, 5.74) is 3.23. The smallest absolute Gasteiger partial charge is 0.223 e. The number of ether oxygens (including phenoxy) is 1. The third-order valence-electron chi connectivity index (χ3n) is 5.29. The molecule has 0 radical (unpaired) electrons. The number of hydrogen-bond acceptors (Lipinski definition) is 7. The summed E-state index contributed by atoms with van der Waals surface area (Å²) >= 11 is 3.26. The molecule has 0 spiro atoms. The summed E-state index contributed by atoms with van der Waals surface area (Å²) in [6.07, 6.45) is 4.06. The Balaban J connectivity index is 1.56. The lowest BCUT2D eigenvalue weighted by Crippen LogP contribution is -2.31. The quantitative estimate of drug-likeness (QED) is 0.473. The first-order valence-electron chi connectivity index (χ1n) is 9.06. The third kappa shape index (κ3) is 2.73. The maximum absolute atomic E-state index is 12.1. The second kappa shape index (κ2) is 6.75. The predicted octanol–water partition coefficient (Wildman–Crippen LogP) is 3.84. The van der Waals surface area contributed by atoms with Gasteiger partial charge in [-0.2, -0.15) is 0 Å². The number of H-pyrrole nitrogens is 1. The number of rotatable bonds is 4. The molecule has 1 aromatic carbocycles. The van der Waals surface area contributed by atoms with Gasteiger partial charge in [-0.1, -0.05) is 11.5 Å². The summed E-state index contributed by atoms with van der Waals surface area (Å²) in [5, 5.41) is 7.30. The van der Waals surface area contributed by atoms with Gasteiger partial charge in [0.05, 0.1) is 28.4 Å². The molecule has 7 nitrogen and oxygen atoms in total. The van der Waals surface area contributed by atoms with E-state index in [1.807, 2.05) is 6.07 Å². The van der Waals surface area contributed by atoms with Gasteiger partial charge in [0.25, 0.3) is 0 Å². The standard InChI is InChI=1S/C19H19N5O2S2/c1-20-18(25)9-3-4-10-14(5-9)27-19-16(10)17(21-8-22-19)23-11-7-15-12(24-28-15)6-13(11)26-2/h6-9,24H,3-5H2,1-2H3,(H,20,25)(H,21,22,23)/t9-/m0/s1. The molecule has 0 unspecified atom stereocenters. The fourth-order valence-corrected chi connectivity index (χ4v) is 5.71. The summed E-state index contributed by atoms with van der Waals surface area (Å²) in [5.74, 6) is 1.71. The molecule has 1 aliphatic carbocycles. The molecular weight excluding hydrogens is 394 g/mol. The number of carbonyl (C=O) groups excluding carboxylic acids is 1. The van der Waals surface area contributed by atoms with Crippen LogP contribution in [0.15, 0.2) is 18.5 Å². The van der Waals surface area contributed by atoms with Gasteiger partial charge in [0, 0.05) is 23.9 Å². The van der Waals surface area contributed by atoms with Gasteiger partial charge >= 0.3 is 0 Å². The molecular formula is C19H19N5O2S2. The summed E-state index contributed by atoms with van der Waals surface area (Å²) in [6, 6.07) is 4.06. The van der Waals surface area contributed by atoms with Crippen molar-refractivity contribution in [3.05, 3.63) is 28.9 Å². The number of aryl methyl sites for hydroxylation is 1. The second-order valence-corrected chi connectivity index (χ2v) is 8.77. The Morgan fingerprint density at radius 3 is 3.00 bits per heavy atom. The lowest BCUT2D eigenvalue weighted by atomic mass is 9.87. The van der Waals surface area contributed by atoms with Crippen molar-refractivity contribution in [1.82, 2.24) is 19.7 Å². The Morgan fingerprint density at radius 2 is 2.25 bits per heavy atom. The van der Waals surface area contributed by atoms with E-state index in [0.29, 0.717) is 0 Å². The first kappa shape index (κ1) is 17.4. The van der Waals surface area contributed by atoms with E-state index in [1.54, 1.807) is 43.4 Å². The number of fused-ring (bicyclic) bond motifs is 4. The number of carbonyl (C=O) groups is 1. The van der Waals surface area contributed by atoms with Crippen LogP contribution >= 0.6 is 22.9 Å². The molecule has 3 heterocycles. The van der Waals surface area contributed by atoms with E-state index in [-0.39, 0.29) is 11.8 Å². The van der Waals surface area contributed by atoms with Crippen LogP contribution in [-0.2, 0) is 17.6 Å². The van der Waals surface area contributed by atoms with E-state index in [1.165, 1.54) is 15.1 Å². The number of anilines is 2. The van der Waals surface area contributed by atoms with Crippen LogP contribution in [0.4, 0.5) is 11.5 Å². The Labute approximate surface area is 169 Å². The van der Waals surface area contributed by atoms with Crippen molar-refractivity contribution in [2.45, 2.75) is 19.3 Å². The number of nitrogens with one attached hydrogen (secondary N) is 3. The van der Waals surface area contributed by atoms with Gasteiger partial charge in [-0.3, -0.25) is 4.79 Å². The molecule has 0 bridgehead atoms. The van der Waals surface area contributed by atoms with Crippen molar-refractivity contribution < 1.29 is 9.53 Å². The van der Waals surface area contributed by atoms with Crippen molar-refractivity contribution in [3.8, 4) is 5.75 Å². The molecule has 3 aromatic heterocycles. The minimum absolute atomic E-state index is 0.0347. The third-order valence-corrected chi connectivity index (χ3v) is 7.33. The van der Waals surface area contributed by atoms with Crippen LogP contribution in [0, 0.1) is 5.92 Å². The number of aromatic amines is 1. The van der Waals surface area contributed by atoms with Gasteiger partial charge in [0.1, 0.15) is 22.7 Å². The fourth-order valence-electron chi connectivity index (χ4n) is 3.81. The molecule has 5 rings (SSSR count). The van der Waals surface area contributed by atoms with Gasteiger partial charge in [-0.15, -0.1) is 11.3 Å². The predicted molar refractivity (Wildman–Crippen MR) is 113 cm³/mol. The maximum Gasteiger partial charge on any atom is 0.223 e. The minimum atomic E-state index is 0.0347. The average Bonchev–Trinajstić information content (AvgIpc) is 3.08. The number of benzene rings is 1. The van der Waals surface area contributed by atoms with Gasteiger partial charge in [-0.25, -0.2) is 9.97 Å². The summed E-state index contributed by atoms with van der Waals surface area (Å²) in [7, 11) is 3.37. The number of aromatic nitrogens is 3. The van der Waals surface area contributed by atoms with Crippen molar-refractivity contribution in [1.29, 1.82) is 0 Å². The van der Waals surface area contributed by atoms with E-state index < -0.39 is 0 Å². The van der Waals surface area contributed by atoms with E-state index in [2.05, 4.69) is 31.0 Å². The highest BCUT2D eigenvalue weighted by atomic mass is 32.1. The van der Waals surface area contributed by atoms with Crippen LogP contribution in [0.1, 0.15) is 16.9 Å². The van der Waals surface area contributed by atoms with Crippen LogP contribution in [0.3, 0.4) is 0 Å². The zero-order chi connectivity index (χ0) is 19.3. The first-order chi connectivity index (χ1) is 13.7. The zero-order valence-electron chi connectivity index (χ0n) is 15.5. The average molecular weight is 414 g/mol. The summed E-state index contributed by atoms with van der Waals surface area (Å²) < 4.78 is 9.92. The number of nitrogens with zero attached hydrogens (tertiary/aromatic N) is 2. The first-order valence-corrected chi connectivity index (χ1v) is 10.7. The number of amides is 1. The van der Waals surface area contributed by atoms with E-state index >= 15 is 0 Å². The molecule has 1 atom stereocenters. The normalized spacial score (nSPS) is 16.3. The number of thiophene rings is 1. The molecule has 0 fully saturated rings. The lowest BCUT2D eigenvalue weighted by molar-refractivity contribution is -0.124. The Kier molecular flexibility index (Phi) is 4.21. The Bertz CT molecular complexity index is 1190. The van der Waals surface area contributed by atoms with Gasteiger partial charge in [-0.05, 0) is 30.9 Å². The molecule has 1 amide bonds. The van der Waals surface area contributed by atoms with Crippen LogP contribution in [0.5, 0.6) is 5.75 Å². The van der Waals surface area contributed by atoms with Crippen molar-refractivity contribution in [2.24, 2.45) is 5.92 Å². The van der Waals surface area contributed by atoms with Crippen LogP contribution in [-0.4, -0.2) is 34.4 Å². The highest BCUT2D eigenvalue weighted by Gasteiger charge is 2.28. The molecule has 9 heteroatoms. The highest BCUT2D eigenvalue weighted by Crippen LogP contribution is 2.42. The van der Waals surface area contributed by atoms with Gasteiger partial charge in [0.2, 0.25) is 5.91 Å². The maximum atomic E-state index is 12.1. The summed E-state index contributed by atoms with van der Waals surface area (Å²) in [4.78, 5) is 23.3. The van der Waals surface area contributed by atoms with Crippen molar-refractivity contribution in [2.75, 3.05) is 19.5 Å². The molecule has 144 valence electrons. The largest absolute Gasteiger partial charge is 0.494 e. The SMILES string of the molecule is CNC(=O)[C@H]1CCc2c(sc3ncnc(Nc4cc5s[nH]c5cc4OC)c23)C1. The van der Waals surface area contributed by atoms with Gasteiger partial charge in [0.15, 0.2) is 0 Å². The second-order valence-electron chi connectivity index (χ2n) is 6.84. The fraction of sp³-hybridized carbons (Fsp3) is 0.316. The van der Waals surface area contributed by atoms with Crippen molar-refractivity contribution in [3.63, 3.8) is 0 Å². The zero-order valence-corrected chi connectivity index (χ0v) is 17.1. The molecule has 3 N–H and O–H groups in total. The Morgan fingerprint density at radius 1 is 1.36 bits per heavy atom. The number of hydrogen-bond donors (Lipinski definition) is 3. The van der Waals surface area contributed by atoms with Crippen LogP contribution < -0.4 is 15.4 Å². The van der Waals surface area contributed by atoms with Crippen molar-refractivity contribution >= 4 is 60.7 Å². The monoisotopic (exact) mass is 413 g/mol. The molecule has 4 aromatic rings. The molecule has 0 aliphatic heterocycles. The lowest BCUT2D eigenvalue weighted by Gasteiger charge is -2.21. The minimum Gasteiger partial charge on any atom is -0.494 e. The topological polar surface area (TPSA) is 91.9 Å². The van der Waals surface area contributed by atoms with E-state index in [4.69, 9.17) is 4.74 Å². The van der Waals surface area contributed by atoms with Crippen LogP contribution in [0.25, 0.3) is 20.4 Å². The highest BCUT2D eigenvalue weighted by molar-refractivity contribution is 7.19. The van der Waals surface area contributed by atoms with E-state index in [9.17, 15) is 4.79 Å². The summed E-state index contributed by atoms with van der Waals surface area (Å²) in [6.45, 7) is 0. The Hall–Kier alpha value is -2.65. The van der Waals surface area contributed by atoms with Crippen LogP contribution in [0.2, 0.25) is 0 Å². The number of methoxy groups -OCH3 is 1. The molecule has 28 heavy (non-hydrogen) atoms. The molecule has 1 aliphatic rings. The molecule has 0 saturated carbocycles. The van der Waals surface area contributed by atoms with Gasteiger partial charge < -0.3 is 19.7 Å². The molecule has 0 saturated heterocycles. The van der Waals surface area contributed by atoms with E-state index in [0.717, 1.165) is 52.3 Å².